The lowest BCUT2D eigenvalue weighted by Crippen LogP contribution is -2.48. The molecular formula is C14H23N5O4. The number of hydroxylamine groups is 1. The zero-order valence-electron chi connectivity index (χ0n) is 13.2. The minimum atomic E-state index is -0.886. The highest BCUT2D eigenvalue weighted by atomic mass is 16.5. The van der Waals surface area contributed by atoms with Crippen LogP contribution in [0.25, 0.3) is 0 Å². The summed E-state index contributed by atoms with van der Waals surface area (Å²) >= 11 is 0. The van der Waals surface area contributed by atoms with Gasteiger partial charge in [0.2, 0.25) is 0 Å². The van der Waals surface area contributed by atoms with Gasteiger partial charge in [0.25, 0.3) is 5.91 Å². The lowest BCUT2D eigenvalue weighted by molar-refractivity contribution is -0.134. The van der Waals surface area contributed by atoms with E-state index >= 15 is 0 Å². The molecule has 0 radical (unpaired) electrons. The van der Waals surface area contributed by atoms with E-state index in [1.165, 1.54) is 20.4 Å². The Morgan fingerprint density at radius 2 is 2.04 bits per heavy atom. The van der Waals surface area contributed by atoms with Crippen LogP contribution in [0, 0.1) is 0 Å². The van der Waals surface area contributed by atoms with Crippen molar-refractivity contribution >= 4 is 5.91 Å². The first kappa shape index (κ1) is 18.6. The maximum Gasteiger partial charge on any atom is 0.267 e. The molecule has 8 N–H and O–H groups in total. The van der Waals surface area contributed by atoms with Crippen molar-refractivity contribution in [2.45, 2.75) is 12.5 Å². The topological polar surface area (TPSA) is 149 Å². The zero-order valence-corrected chi connectivity index (χ0v) is 13.2. The second kappa shape index (κ2) is 8.83. The van der Waals surface area contributed by atoms with Gasteiger partial charge in [-0.2, -0.15) is 0 Å². The van der Waals surface area contributed by atoms with E-state index in [4.69, 9.17) is 32.0 Å². The fourth-order valence-corrected chi connectivity index (χ4v) is 1.97. The predicted octanol–water partition coefficient (Wildman–Crippen LogP) is -0.945. The first-order valence-corrected chi connectivity index (χ1v) is 6.80. The van der Waals surface area contributed by atoms with Crippen molar-refractivity contribution in [3.63, 3.8) is 0 Å². The molecule has 1 rings (SSSR count). The molecule has 9 heteroatoms. The van der Waals surface area contributed by atoms with Crippen LogP contribution in [0.15, 0.2) is 30.1 Å². The number of nitrogens with zero attached hydrogens (tertiary/aromatic N) is 1. The van der Waals surface area contributed by atoms with Crippen molar-refractivity contribution in [2.24, 2.45) is 17.3 Å². The summed E-state index contributed by atoms with van der Waals surface area (Å²) in [6.07, 6.45) is 1.55. The van der Waals surface area contributed by atoms with Crippen molar-refractivity contribution in [3.8, 4) is 11.5 Å². The molecule has 0 saturated heterocycles. The Hall–Kier alpha value is -2.49. The molecule has 0 unspecified atom stereocenters. The molecule has 128 valence electrons. The Balaban J connectivity index is 3.04. The predicted molar refractivity (Wildman–Crippen MR) is 84.3 cm³/mol. The number of methoxy groups -OCH3 is 2. The number of amides is 1. The normalized spacial score (nSPS) is 12.5. The van der Waals surface area contributed by atoms with Gasteiger partial charge < -0.3 is 25.9 Å². The third-order valence-corrected chi connectivity index (χ3v) is 3.20. The van der Waals surface area contributed by atoms with E-state index in [-0.39, 0.29) is 13.0 Å². The highest BCUT2D eigenvalue weighted by Gasteiger charge is 2.23. The number of hydrogen-bond acceptors (Lipinski definition) is 8. The summed E-state index contributed by atoms with van der Waals surface area (Å²) in [6.45, 7) is 0.0948. The number of ether oxygens (including phenoxy) is 2. The Bertz CT molecular complexity index is 564. The van der Waals surface area contributed by atoms with Crippen LogP contribution < -0.4 is 32.3 Å². The molecule has 0 fully saturated rings. The van der Waals surface area contributed by atoms with Gasteiger partial charge in [-0.1, -0.05) is 6.07 Å². The van der Waals surface area contributed by atoms with Crippen LogP contribution >= 0.6 is 0 Å². The van der Waals surface area contributed by atoms with Gasteiger partial charge in [-0.05, 0) is 17.7 Å². The Kier molecular flexibility index (Phi) is 7.13. The Labute approximate surface area is 134 Å². The third kappa shape index (κ3) is 5.02. The van der Waals surface area contributed by atoms with E-state index in [2.05, 4.69) is 0 Å². The lowest BCUT2D eigenvalue weighted by Gasteiger charge is -2.25. The Morgan fingerprint density at radius 1 is 1.39 bits per heavy atom. The number of nitrogens with one attached hydrogen (secondary N) is 1. The average Bonchev–Trinajstić information content (AvgIpc) is 2.58. The van der Waals surface area contributed by atoms with Crippen LogP contribution in [0.1, 0.15) is 5.56 Å². The van der Waals surface area contributed by atoms with Crippen molar-refractivity contribution in [1.29, 1.82) is 0 Å². The summed E-state index contributed by atoms with van der Waals surface area (Å²) in [5, 5.41) is 10.0. The van der Waals surface area contributed by atoms with Gasteiger partial charge in [0, 0.05) is 24.9 Å². The largest absolute Gasteiger partial charge is 0.493 e. The number of carbonyl (C=O) groups is 1. The van der Waals surface area contributed by atoms with Gasteiger partial charge in [0.1, 0.15) is 6.04 Å². The van der Waals surface area contributed by atoms with Crippen molar-refractivity contribution < 1.29 is 19.5 Å². The van der Waals surface area contributed by atoms with E-state index in [0.29, 0.717) is 17.2 Å². The second-order valence-electron chi connectivity index (χ2n) is 4.74. The highest BCUT2D eigenvalue weighted by Crippen LogP contribution is 2.28. The smallest absolute Gasteiger partial charge is 0.267 e. The van der Waals surface area contributed by atoms with Crippen LogP contribution in [-0.4, -0.2) is 42.9 Å². The number of hydrazine groups is 1. The number of rotatable bonds is 8. The molecule has 1 amide bonds. The molecular weight excluding hydrogens is 302 g/mol. The van der Waals surface area contributed by atoms with Gasteiger partial charge in [-0.25, -0.2) is 11.3 Å². The van der Waals surface area contributed by atoms with Crippen LogP contribution in [0.4, 0.5) is 0 Å². The average molecular weight is 325 g/mol. The molecule has 23 heavy (non-hydrogen) atoms. The van der Waals surface area contributed by atoms with Crippen molar-refractivity contribution in [2.75, 3.05) is 20.8 Å². The van der Waals surface area contributed by atoms with E-state index in [0.717, 1.165) is 10.6 Å². The zero-order chi connectivity index (χ0) is 17.4. The van der Waals surface area contributed by atoms with Crippen LogP contribution in [-0.2, 0) is 11.2 Å². The maximum absolute atomic E-state index is 11.9. The summed E-state index contributed by atoms with van der Waals surface area (Å²) in [7, 11) is 3.04. The molecule has 9 nitrogen and oxygen atoms in total. The molecule has 0 aromatic heterocycles. The fraction of sp³-hybridized carbons (Fsp3) is 0.357. The van der Waals surface area contributed by atoms with Crippen LogP contribution in [0.3, 0.4) is 0 Å². The fourth-order valence-electron chi connectivity index (χ4n) is 1.97. The molecule has 0 aliphatic carbocycles. The lowest BCUT2D eigenvalue weighted by atomic mass is 10.0. The molecule has 0 bridgehead atoms. The first-order valence-electron chi connectivity index (χ1n) is 6.80. The van der Waals surface area contributed by atoms with Gasteiger partial charge >= 0.3 is 0 Å². The minimum Gasteiger partial charge on any atom is -0.493 e. The molecule has 1 aromatic rings. The number of nitrogens with two attached hydrogens (primary N) is 3. The SMILES string of the molecule is COc1ccc(C[C@@H](C(=O)NO)N(N)/C=C(\N)CN)cc1OC. The molecule has 0 heterocycles. The molecule has 1 atom stereocenters. The first-order chi connectivity index (χ1) is 11.0. The second-order valence-corrected chi connectivity index (χ2v) is 4.74. The standard InChI is InChI=1S/C14H23N5O4/c1-22-12-4-3-9(6-13(12)23-2)5-11(14(20)18-21)19(17)8-10(16)7-15/h3-4,6,8,11,21H,5,7,15-17H2,1-2H3,(H,18,20)/b10-8-/t11-/m0/s1. The minimum absolute atomic E-state index is 0.0948. The van der Waals surface area contributed by atoms with E-state index in [9.17, 15) is 4.79 Å². The molecule has 0 aliphatic heterocycles. The van der Waals surface area contributed by atoms with Crippen molar-refractivity contribution in [1.82, 2.24) is 10.5 Å². The van der Waals surface area contributed by atoms with Crippen molar-refractivity contribution in [3.05, 3.63) is 35.7 Å². The summed E-state index contributed by atoms with van der Waals surface area (Å²) in [4.78, 5) is 11.9. The van der Waals surface area contributed by atoms with Gasteiger partial charge in [-0.15, -0.1) is 0 Å². The summed E-state index contributed by atoms with van der Waals surface area (Å²) in [5.41, 5.74) is 13.7. The van der Waals surface area contributed by atoms with E-state index in [1.807, 2.05) is 0 Å². The number of hydrogen-bond donors (Lipinski definition) is 5. The summed E-state index contributed by atoms with van der Waals surface area (Å²) in [5.74, 6) is 6.25. The number of carbonyl (C=O) groups excluding carboxylic acids is 1. The van der Waals surface area contributed by atoms with Gasteiger partial charge in [0.05, 0.1) is 14.2 Å². The molecule has 0 spiro atoms. The maximum atomic E-state index is 11.9. The Morgan fingerprint density at radius 3 is 2.57 bits per heavy atom. The van der Waals surface area contributed by atoms with Gasteiger partial charge in [-0.3, -0.25) is 10.0 Å². The third-order valence-electron chi connectivity index (χ3n) is 3.20. The van der Waals surface area contributed by atoms with Crippen LogP contribution in [0.2, 0.25) is 0 Å². The summed E-state index contributed by atoms with van der Waals surface area (Å²) in [6, 6.07) is 4.32. The summed E-state index contributed by atoms with van der Waals surface area (Å²) < 4.78 is 10.4. The van der Waals surface area contributed by atoms with Crippen LogP contribution in [0.5, 0.6) is 11.5 Å². The van der Waals surface area contributed by atoms with E-state index < -0.39 is 11.9 Å². The molecule has 0 aliphatic rings. The van der Waals surface area contributed by atoms with E-state index in [1.54, 1.807) is 23.7 Å². The monoisotopic (exact) mass is 325 g/mol. The molecule has 0 saturated carbocycles. The number of benzene rings is 1. The van der Waals surface area contributed by atoms with Gasteiger partial charge in [0.15, 0.2) is 11.5 Å². The highest BCUT2D eigenvalue weighted by molar-refractivity contribution is 5.81. The molecule has 1 aromatic carbocycles. The quantitative estimate of drug-likeness (QED) is 0.233.